The molecule has 0 spiro atoms. The first-order valence-corrected chi connectivity index (χ1v) is 3.76. The molecule has 0 unspecified atom stereocenters. The number of rotatable bonds is 1. The van der Waals surface area contributed by atoms with E-state index < -0.39 is 30.3 Å². The molecule has 0 radical (unpaired) electrons. The van der Waals surface area contributed by atoms with Crippen LogP contribution >= 0.6 is 12.4 Å². The summed E-state index contributed by atoms with van der Waals surface area (Å²) in [6.07, 6.45) is -1.13. The highest BCUT2D eigenvalue weighted by Gasteiger charge is 2.45. The lowest BCUT2D eigenvalue weighted by Crippen LogP contribution is -2.52. The van der Waals surface area contributed by atoms with Crippen molar-refractivity contribution in [2.45, 2.75) is 37.1 Å². The molecule has 1 aliphatic carbocycles. The van der Waals surface area contributed by atoms with Crippen LogP contribution < -0.4 is 5.73 Å². The molecule has 6 heteroatoms. The Kier molecular flexibility index (Phi) is 3.63. The molecular weight excluding hydrogens is 204 g/mol. The SMILES string of the molecule is Cl.NC1(C(=O)O)CCC(F)(F)CC1. The van der Waals surface area contributed by atoms with Crippen LogP contribution in [0.15, 0.2) is 0 Å². The minimum absolute atomic E-state index is 0. The van der Waals surface area contributed by atoms with Gasteiger partial charge in [-0.15, -0.1) is 12.4 Å². The molecule has 0 bridgehead atoms. The summed E-state index contributed by atoms with van der Waals surface area (Å²) in [7, 11) is 0. The van der Waals surface area contributed by atoms with E-state index in [9.17, 15) is 13.6 Å². The minimum atomic E-state index is -2.72. The molecule has 13 heavy (non-hydrogen) atoms. The number of hydrogen-bond donors (Lipinski definition) is 2. The predicted octanol–water partition coefficient (Wildman–Crippen LogP) is 1.40. The van der Waals surface area contributed by atoms with Crippen molar-refractivity contribution in [2.75, 3.05) is 0 Å². The van der Waals surface area contributed by atoms with Gasteiger partial charge in [-0.1, -0.05) is 0 Å². The third-order valence-corrected chi connectivity index (χ3v) is 2.30. The van der Waals surface area contributed by atoms with Crippen molar-refractivity contribution in [3.05, 3.63) is 0 Å². The zero-order valence-corrected chi connectivity index (χ0v) is 7.74. The fraction of sp³-hybridized carbons (Fsp3) is 0.857. The monoisotopic (exact) mass is 215 g/mol. The molecule has 3 nitrogen and oxygen atoms in total. The van der Waals surface area contributed by atoms with Gasteiger partial charge in [-0.25, -0.2) is 8.78 Å². The number of nitrogens with two attached hydrogens (primary N) is 1. The molecule has 0 heterocycles. The maximum Gasteiger partial charge on any atom is 0.323 e. The highest BCUT2D eigenvalue weighted by atomic mass is 35.5. The van der Waals surface area contributed by atoms with E-state index in [1.165, 1.54) is 0 Å². The van der Waals surface area contributed by atoms with Crippen LogP contribution in [0.25, 0.3) is 0 Å². The average molecular weight is 216 g/mol. The number of carbonyl (C=O) groups is 1. The Morgan fingerprint density at radius 3 is 1.92 bits per heavy atom. The van der Waals surface area contributed by atoms with Gasteiger partial charge in [0.2, 0.25) is 5.92 Å². The quantitative estimate of drug-likeness (QED) is 0.695. The average Bonchev–Trinajstić information content (AvgIpc) is 1.96. The van der Waals surface area contributed by atoms with Gasteiger partial charge in [0.1, 0.15) is 5.54 Å². The highest BCUT2D eigenvalue weighted by Crippen LogP contribution is 2.37. The molecule has 1 saturated carbocycles. The summed E-state index contributed by atoms with van der Waals surface area (Å²) in [4.78, 5) is 10.5. The fourth-order valence-corrected chi connectivity index (χ4v) is 1.28. The van der Waals surface area contributed by atoms with Crippen LogP contribution in [0.3, 0.4) is 0 Å². The molecule has 0 aromatic heterocycles. The van der Waals surface area contributed by atoms with Crippen LogP contribution in [0.5, 0.6) is 0 Å². The van der Waals surface area contributed by atoms with Gasteiger partial charge in [0.15, 0.2) is 0 Å². The van der Waals surface area contributed by atoms with Crippen molar-refractivity contribution in [3.8, 4) is 0 Å². The second-order valence-electron chi connectivity index (χ2n) is 3.32. The number of carboxylic acids is 1. The van der Waals surface area contributed by atoms with E-state index in [4.69, 9.17) is 10.8 Å². The lowest BCUT2D eigenvalue weighted by molar-refractivity contribution is -0.148. The van der Waals surface area contributed by atoms with Crippen LogP contribution in [-0.2, 0) is 4.79 Å². The first kappa shape index (κ1) is 12.6. The Morgan fingerprint density at radius 1 is 1.23 bits per heavy atom. The van der Waals surface area contributed by atoms with Crippen molar-refractivity contribution in [1.29, 1.82) is 0 Å². The number of carboxylic acid groups (broad SMARTS) is 1. The van der Waals surface area contributed by atoms with Gasteiger partial charge in [-0.3, -0.25) is 4.79 Å². The summed E-state index contributed by atoms with van der Waals surface area (Å²) in [5.41, 5.74) is 3.96. The van der Waals surface area contributed by atoms with Gasteiger partial charge in [0, 0.05) is 12.8 Å². The van der Waals surface area contributed by atoms with Crippen molar-refractivity contribution in [3.63, 3.8) is 0 Å². The van der Waals surface area contributed by atoms with E-state index in [1.807, 2.05) is 0 Å². The molecule has 0 saturated heterocycles. The third kappa shape index (κ3) is 2.77. The summed E-state index contributed by atoms with van der Waals surface area (Å²) >= 11 is 0. The van der Waals surface area contributed by atoms with Gasteiger partial charge in [-0.05, 0) is 12.8 Å². The van der Waals surface area contributed by atoms with Crippen LogP contribution in [-0.4, -0.2) is 22.5 Å². The molecule has 0 aliphatic heterocycles. The maximum absolute atomic E-state index is 12.6. The second kappa shape index (κ2) is 3.75. The molecule has 3 N–H and O–H groups in total. The molecule has 1 fully saturated rings. The van der Waals surface area contributed by atoms with Crippen LogP contribution in [0.4, 0.5) is 8.78 Å². The van der Waals surface area contributed by atoms with Crippen molar-refractivity contribution >= 4 is 18.4 Å². The van der Waals surface area contributed by atoms with Gasteiger partial charge in [0.05, 0.1) is 0 Å². The summed E-state index contributed by atoms with van der Waals surface area (Å²) in [6.45, 7) is 0. The molecule has 0 aromatic rings. The van der Waals surface area contributed by atoms with Gasteiger partial charge < -0.3 is 10.8 Å². The van der Waals surface area contributed by atoms with Crippen LogP contribution in [0.2, 0.25) is 0 Å². The number of alkyl halides is 2. The minimum Gasteiger partial charge on any atom is -0.480 e. The van der Waals surface area contributed by atoms with Crippen molar-refractivity contribution < 1.29 is 18.7 Å². The summed E-state index contributed by atoms with van der Waals surface area (Å²) in [5, 5.41) is 8.60. The van der Waals surface area contributed by atoms with E-state index in [1.54, 1.807) is 0 Å². The Bertz CT molecular complexity index is 201. The second-order valence-corrected chi connectivity index (χ2v) is 3.32. The molecular formula is C7H12ClF2NO2. The summed E-state index contributed by atoms with van der Waals surface area (Å²) < 4.78 is 25.1. The van der Waals surface area contributed by atoms with Crippen molar-refractivity contribution in [1.82, 2.24) is 0 Å². The van der Waals surface area contributed by atoms with Crippen LogP contribution in [0, 0.1) is 0 Å². The number of halogens is 3. The standard InChI is InChI=1S/C7H11F2NO2.ClH/c8-7(9)3-1-6(10,2-4-7)5(11)12;/h1-4,10H2,(H,11,12);1H. The lowest BCUT2D eigenvalue weighted by Gasteiger charge is -2.33. The van der Waals surface area contributed by atoms with Gasteiger partial charge in [-0.2, -0.15) is 0 Å². The molecule has 1 rings (SSSR count). The summed E-state index contributed by atoms with van der Waals surface area (Å²) in [5.74, 6) is -3.91. The molecule has 0 amide bonds. The van der Waals surface area contributed by atoms with E-state index in [0.717, 1.165) is 0 Å². The third-order valence-electron chi connectivity index (χ3n) is 2.30. The molecule has 0 aromatic carbocycles. The van der Waals surface area contributed by atoms with E-state index >= 15 is 0 Å². The van der Waals surface area contributed by atoms with E-state index in [-0.39, 0.29) is 25.2 Å². The molecule has 78 valence electrons. The Morgan fingerprint density at radius 2 is 1.62 bits per heavy atom. The fourth-order valence-electron chi connectivity index (χ4n) is 1.28. The van der Waals surface area contributed by atoms with Gasteiger partial charge >= 0.3 is 5.97 Å². The van der Waals surface area contributed by atoms with E-state index in [2.05, 4.69) is 0 Å². The first-order chi connectivity index (χ1) is 5.36. The summed E-state index contributed by atoms with van der Waals surface area (Å²) in [6, 6.07) is 0. The molecule has 1 aliphatic rings. The van der Waals surface area contributed by atoms with Crippen molar-refractivity contribution in [2.24, 2.45) is 5.73 Å². The van der Waals surface area contributed by atoms with Crippen LogP contribution in [0.1, 0.15) is 25.7 Å². The maximum atomic E-state index is 12.6. The Hall–Kier alpha value is -0.420. The Labute approximate surface area is 80.7 Å². The lowest BCUT2D eigenvalue weighted by atomic mass is 9.81. The van der Waals surface area contributed by atoms with E-state index in [0.29, 0.717) is 0 Å². The highest BCUT2D eigenvalue weighted by molar-refractivity contribution is 5.85. The first-order valence-electron chi connectivity index (χ1n) is 3.76. The molecule has 0 atom stereocenters. The zero-order chi connectivity index (χ0) is 9.41. The number of aliphatic carboxylic acids is 1. The number of hydrogen-bond acceptors (Lipinski definition) is 2. The normalized spacial score (nSPS) is 24.5. The van der Waals surface area contributed by atoms with Gasteiger partial charge in [0.25, 0.3) is 0 Å². The predicted molar refractivity (Wildman–Crippen MR) is 45.2 cm³/mol. The smallest absolute Gasteiger partial charge is 0.323 e. The largest absolute Gasteiger partial charge is 0.480 e. The zero-order valence-electron chi connectivity index (χ0n) is 6.93. The Balaban J connectivity index is 0.00000144. The topological polar surface area (TPSA) is 63.3 Å².